The van der Waals surface area contributed by atoms with E-state index in [1.54, 1.807) is 11.3 Å². The Morgan fingerprint density at radius 3 is 2.80 bits per heavy atom. The molecule has 102 valence electrons. The molecule has 0 bridgehead atoms. The van der Waals surface area contributed by atoms with Crippen LogP contribution in [0.4, 0.5) is 0 Å². The van der Waals surface area contributed by atoms with Crippen molar-refractivity contribution >= 4 is 33.7 Å². The zero-order chi connectivity index (χ0) is 13.9. The average molecular weight is 304 g/mol. The molecule has 0 saturated heterocycles. The Hall–Kier alpha value is -1.58. The molecule has 0 aliphatic rings. The zero-order valence-corrected chi connectivity index (χ0v) is 12.6. The molecule has 2 aromatic carbocycles. The van der Waals surface area contributed by atoms with E-state index < -0.39 is 0 Å². The first-order valence-corrected chi connectivity index (χ1v) is 7.84. The molecule has 0 fully saturated rings. The van der Waals surface area contributed by atoms with Gasteiger partial charge in [-0.05, 0) is 18.4 Å². The molecule has 0 saturated carbocycles. The van der Waals surface area contributed by atoms with Gasteiger partial charge in [0.15, 0.2) is 0 Å². The maximum absolute atomic E-state index is 6.08. The fourth-order valence-corrected chi connectivity index (χ4v) is 3.14. The van der Waals surface area contributed by atoms with Crippen molar-refractivity contribution in [1.29, 1.82) is 0 Å². The van der Waals surface area contributed by atoms with Crippen molar-refractivity contribution in [2.75, 3.05) is 0 Å². The minimum Gasteiger partial charge on any atom is -0.483 e. The number of ether oxygens (including phenoxy) is 1. The number of nitrogens with zero attached hydrogens (tertiary/aromatic N) is 1. The van der Waals surface area contributed by atoms with E-state index in [9.17, 15) is 0 Å². The fraction of sp³-hybridized carbons (Fsp3) is 0.188. The minimum atomic E-state index is -0.0808. The van der Waals surface area contributed by atoms with Crippen LogP contribution in [0, 0.1) is 0 Å². The number of halogens is 1. The van der Waals surface area contributed by atoms with Crippen molar-refractivity contribution in [1.82, 2.24) is 4.98 Å². The van der Waals surface area contributed by atoms with E-state index in [1.165, 1.54) is 5.39 Å². The molecule has 3 aromatic rings. The zero-order valence-electron chi connectivity index (χ0n) is 11.0. The Morgan fingerprint density at radius 1 is 1.20 bits per heavy atom. The van der Waals surface area contributed by atoms with Gasteiger partial charge in [-0.1, -0.05) is 36.4 Å². The van der Waals surface area contributed by atoms with Crippen LogP contribution >= 0.6 is 22.9 Å². The number of benzene rings is 2. The molecule has 3 rings (SSSR count). The van der Waals surface area contributed by atoms with Crippen LogP contribution in [0.5, 0.6) is 5.75 Å². The molecular formula is C16H14ClNOS. The third-order valence-corrected chi connectivity index (χ3v) is 4.44. The molecule has 0 spiro atoms. The topological polar surface area (TPSA) is 22.1 Å². The Labute approximate surface area is 127 Å². The van der Waals surface area contributed by atoms with Crippen LogP contribution in [0.3, 0.4) is 0 Å². The molecule has 20 heavy (non-hydrogen) atoms. The smallest absolute Gasteiger partial charge is 0.147 e. The summed E-state index contributed by atoms with van der Waals surface area (Å²) in [4.78, 5) is 4.47. The van der Waals surface area contributed by atoms with Crippen molar-refractivity contribution in [2.45, 2.75) is 18.9 Å². The summed E-state index contributed by atoms with van der Waals surface area (Å²) in [5.41, 5.74) is 0.903. The van der Waals surface area contributed by atoms with Gasteiger partial charge in [-0.25, -0.2) is 4.98 Å². The molecule has 1 unspecified atom stereocenters. The van der Waals surface area contributed by atoms with E-state index in [0.717, 1.165) is 21.8 Å². The quantitative estimate of drug-likeness (QED) is 0.620. The van der Waals surface area contributed by atoms with Crippen LogP contribution in [0.25, 0.3) is 10.8 Å². The molecule has 2 nitrogen and oxygen atoms in total. The highest BCUT2D eigenvalue weighted by Gasteiger charge is 2.13. The average Bonchev–Trinajstić information content (AvgIpc) is 2.97. The summed E-state index contributed by atoms with van der Waals surface area (Å²) in [7, 11) is 0. The van der Waals surface area contributed by atoms with Gasteiger partial charge in [0.2, 0.25) is 0 Å². The Bertz CT molecular complexity index is 720. The molecule has 1 aromatic heterocycles. The third kappa shape index (κ3) is 2.65. The predicted octanol–water partition coefficient (Wildman–Crippen LogP) is 5.18. The molecule has 0 aliphatic carbocycles. The lowest BCUT2D eigenvalue weighted by molar-refractivity contribution is 0.229. The van der Waals surface area contributed by atoms with Gasteiger partial charge in [0.05, 0.1) is 11.6 Å². The van der Waals surface area contributed by atoms with Gasteiger partial charge in [-0.15, -0.1) is 22.9 Å². The van der Waals surface area contributed by atoms with Crippen molar-refractivity contribution in [3.05, 3.63) is 58.5 Å². The summed E-state index contributed by atoms with van der Waals surface area (Å²) in [6, 6.07) is 14.3. The van der Waals surface area contributed by atoms with Gasteiger partial charge in [-0.3, -0.25) is 0 Å². The molecule has 0 aliphatic heterocycles. The number of fused-ring (bicyclic) bond motifs is 1. The molecule has 0 N–H and O–H groups in total. The van der Waals surface area contributed by atoms with Crippen molar-refractivity contribution in [3.63, 3.8) is 0 Å². The minimum absolute atomic E-state index is 0.0808. The van der Waals surface area contributed by atoms with E-state index in [0.29, 0.717) is 5.88 Å². The van der Waals surface area contributed by atoms with Crippen LogP contribution in [-0.4, -0.2) is 4.98 Å². The summed E-state index contributed by atoms with van der Waals surface area (Å²) in [5, 5.41) is 5.23. The van der Waals surface area contributed by atoms with E-state index in [1.807, 2.05) is 36.6 Å². The number of hydrogen-bond acceptors (Lipinski definition) is 3. The summed E-state index contributed by atoms with van der Waals surface area (Å²) in [5.74, 6) is 1.33. The first-order chi connectivity index (χ1) is 9.78. The molecule has 1 heterocycles. The third-order valence-electron chi connectivity index (χ3n) is 3.11. The number of thiazole rings is 1. The highest BCUT2D eigenvalue weighted by molar-refractivity contribution is 7.09. The first-order valence-electron chi connectivity index (χ1n) is 6.42. The molecule has 4 heteroatoms. The largest absolute Gasteiger partial charge is 0.483 e. The lowest BCUT2D eigenvalue weighted by atomic mass is 10.1. The maximum Gasteiger partial charge on any atom is 0.147 e. The Balaban J connectivity index is 1.89. The van der Waals surface area contributed by atoms with Gasteiger partial charge in [0, 0.05) is 10.8 Å². The number of aromatic nitrogens is 1. The predicted molar refractivity (Wildman–Crippen MR) is 84.7 cm³/mol. The SMILES string of the molecule is CC(Oc1cccc2ccccc12)c1nc(CCl)cs1. The second-order valence-electron chi connectivity index (χ2n) is 4.55. The van der Waals surface area contributed by atoms with Crippen LogP contribution < -0.4 is 4.74 Å². The van der Waals surface area contributed by atoms with Gasteiger partial charge in [0.25, 0.3) is 0 Å². The van der Waals surface area contributed by atoms with E-state index in [-0.39, 0.29) is 6.10 Å². The lowest BCUT2D eigenvalue weighted by Gasteiger charge is -2.14. The maximum atomic E-state index is 6.08. The first kappa shape index (κ1) is 13.4. The highest BCUT2D eigenvalue weighted by atomic mass is 35.5. The van der Waals surface area contributed by atoms with Crippen molar-refractivity contribution in [2.24, 2.45) is 0 Å². The molecule has 0 amide bonds. The van der Waals surface area contributed by atoms with Crippen LogP contribution in [-0.2, 0) is 5.88 Å². The van der Waals surface area contributed by atoms with E-state index in [2.05, 4.69) is 23.2 Å². The van der Waals surface area contributed by atoms with Crippen molar-refractivity contribution in [3.8, 4) is 5.75 Å². The Morgan fingerprint density at radius 2 is 2.00 bits per heavy atom. The van der Waals surface area contributed by atoms with Gasteiger partial charge in [-0.2, -0.15) is 0 Å². The van der Waals surface area contributed by atoms with E-state index >= 15 is 0 Å². The lowest BCUT2D eigenvalue weighted by Crippen LogP contribution is -2.03. The van der Waals surface area contributed by atoms with Gasteiger partial charge < -0.3 is 4.74 Å². The second-order valence-corrected chi connectivity index (χ2v) is 5.71. The summed E-state index contributed by atoms with van der Waals surface area (Å²) < 4.78 is 6.08. The molecule has 1 atom stereocenters. The second kappa shape index (κ2) is 5.81. The highest BCUT2D eigenvalue weighted by Crippen LogP contribution is 2.30. The molecular weight excluding hydrogens is 290 g/mol. The van der Waals surface area contributed by atoms with E-state index in [4.69, 9.17) is 16.3 Å². The summed E-state index contributed by atoms with van der Waals surface area (Å²) in [6.45, 7) is 2.01. The summed E-state index contributed by atoms with van der Waals surface area (Å²) >= 11 is 7.37. The number of alkyl halides is 1. The van der Waals surface area contributed by atoms with Crippen LogP contribution in [0.15, 0.2) is 47.8 Å². The summed E-state index contributed by atoms with van der Waals surface area (Å²) in [6.07, 6.45) is -0.0808. The number of rotatable bonds is 4. The standard InChI is InChI=1S/C16H14ClNOS/c1-11(16-18-13(9-17)10-20-16)19-15-8-4-6-12-5-2-3-7-14(12)15/h2-8,10-11H,9H2,1H3. The van der Waals surface area contributed by atoms with Crippen molar-refractivity contribution < 1.29 is 4.74 Å². The van der Waals surface area contributed by atoms with Crippen LogP contribution in [0.2, 0.25) is 0 Å². The van der Waals surface area contributed by atoms with Crippen LogP contribution in [0.1, 0.15) is 23.7 Å². The Kier molecular flexibility index (Phi) is 3.90. The number of hydrogen-bond donors (Lipinski definition) is 0. The van der Waals surface area contributed by atoms with Gasteiger partial charge in [0.1, 0.15) is 16.9 Å². The molecule has 0 radical (unpaired) electrons. The monoisotopic (exact) mass is 303 g/mol. The van der Waals surface area contributed by atoms with Gasteiger partial charge >= 0.3 is 0 Å². The normalized spacial score (nSPS) is 12.5. The fourth-order valence-electron chi connectivity index (χ4n) is 2.11.